The van der Waals surface area contributed by atoms with Gasteiger partial charge in [-0.1, -0.05) is 106 Å². The van der Waals surface area contributed by atoms with Gasteiger partial charge in [0, 0.05) is 29.4 Å². The van der Waals surface area contributed by atoms with Crippen LogP contribution in [-0.4, -0.2) is 46.4 Å². The Hall–Kier alpha value is -4.02. The summed E-state index contributed by atoms with van der Waals surface area (Å²) in [6.45, 7) is 19.6. The Kier molecular flexibility index (Phi) is 18.8. The van der Waals surface area contributed by atoms with Crippen LogP contribution in [0, 0.1) is 47.4 Å². The molecular formula is C58H70FN3OS3. The molecule has 0 amide bonds. The zero-order chi connectivity index (χ0) is 46.4. The van der Waals surface area contributed by atoms with E-state index in [2.05, 4.69) is 135 Å². The van der Waals surface area contributed by atoms with Gasteiger partial charge >= 0.3 is 0 Å². The summed E-state index contributed by atoms with van der Waals surface area (Å²) in [5.41, 5.74) is 12.3. The summed E-state index contributed by atoms with van der Waals surface area (Å²) >= 11 is 5.56. The Morgan fingerprint density at radius 1 is 0.409 bits per heavy atom. The average molecular weight is 940 g/mol. The molecule has 8 heteroatoms. The number of hydrogen-bond donors (Lipinski definition) is 3. The highest BCUT2D eigenvalue weighted by atomic mass is 32.2. The first-order valence-electron chi connectivity index (χ1n) is 24.0. The Morgan fingerprint density at radius 3 is 1.14 bits per heavy atom. The van der Waals surface area contributed by atoms with Crippen molar-refractivity contribution >= 4 is 35.3 Å². The highest BCUT2D eigenvalue weighted by Crippen LogP contribution is 2.41. The number of ether oxygens (including phenoxy) is 1. The number of rotatable bonds is 10. The van der Waals surface area contributed by atoms with Gasteiger partial charge in [-0.15, -0.1) is 0 Å². The van der Waals surface area contributed by atoms with E-state index in [4.69, 9.17) is 4.74 Å². The minimum atomic E-state index is -0.163. The first-order chi connectivity index (χ1) is 32.0. The number of benzene rings is 6. The molecule has 9 rings (SSSR count). The molecule has 0 unspecified atom stereocenters. The van der Waals surface area contributed by atoms with E-state index in [-0.39, 0.29) is 5.82 Å². The van der Waals surface area contributed by atoms with Crippen LogP contribution < -0.4 is 20.7 Å². The third-order valence-corrected chi connectivity index (χ3v) is 16.7. The molecule has 348 valence electrons. The van der Waals surface area contributed by atoms with Crippen LogP contribution in [0.25, 0.3) is 0 Å². The van der Waals surface area contributed by atoms with Crippen molar-refractivity contribution in [3.63, 3.8) is 0 Å². The average Bonchev–Trinajstić information content (AvgIpc) is 3.34. The molecule has 3 fully saturated rings. The molecular weight excluding hydrogens is 870 g/mol. The number of hydrogen-bond acceptors (Lipinski definition) is 7. The van der Waals surface area contributed by atoms with E-state index in [1.165, 1.54) is 102 Å². The Morgan fingerprint density at radius 2 is 0.758 bits per heavy atom. The van der Waals surface area contributed by atoms with E-state index in [0.29, 0.717) is 17.8 Å². The number of piperidine rings is 3. The van der Waals surface area contributed by atoms with Crippen molar-refractivity contribution in [1.82, 2.24) is 16.0 Å². The molecule has 4 nitrogen and oxygen atoms in total. The molecule has 3 heterocycles. The smallest absolute Gasteiger partial charge is 0.123 e. The molecule has 0 bridgehead atoms. The SMILES string of the molecule is COc1ccc(Sc2ccc(C)cc2C2CCNCC2)cc1.Cc1ccc(Sc2ccc(C)cc2C2CCNCC2)c(C)c1.Cc1ccc(Sc2ccc(F)cc2C)c(C2CCNCC2)c1. The maximum Gasteiger partial charge on any atom is 0.123 e. The van der Waals surface area contributed by atoms with E-state index in [1.54, 1.807) is 36.6 Å². The van der Waals surface area contributed by atoms with E-state index in [0.717, 1.165) is 55.5 Å². The van der Waals surface area contributed by atoms with Crippen molar-refractivity contribution in [2.45, 2.75) is 127 Å². The van der Waals surface area contributed by atoms with Gasteiger partial charge in [-0.2, -0.15) is 0 Å². The van der Waals surface area contributed by atoms with Crippen molar-refractivity contribution in [3.8, 4) is 5.75 Å². The van der Waals surface area contributed by atoms with Gasteiger partial charge in [0.1, 0.15) is 11.6 Å². The molecule has 66 heavy (non-hydrogen) atoms. The minimum Gasteiger partial charge on any atom is -0.497 e. The van der Waals surface area contributed by atoms with Gasteiger partial charge in [-0.3, -0.25) is 0 Å². The van der Waals surface area contributed by atoms with Crippen LogP contribution in [0.1, 0.15) is 106 Å². The Bertz CT molecular complexity index is 2370. The van der Waals surface area contributed by atoms with Crippen LogP contribution in [0.4, 0.5) is 4.39 Å². The summed E-state index contributed by atoms with van der Waals surface area (Å²) in [6.07, 6.45) is 7.37. The maximum atomic E-state index is 13.3. The lowest BCUT2D eigenvalue weighted by molar-refractivity contribution is 0.414. The lowest BCUT2D eigenvalue weighted by Crippen LogP contribution is -2.26. The third kappa shape index (κ3) is 14.3. The molecule has 0 spiro atoms. The standard InChI is InChI=1S/C20H25NS.C19H22FNS.C19H23NOS/c1-14-4-6-19(16(3)12-14)22-20-7-5-15(2)13-18(20)17-8-10-21-11-9-17;1-13-3-5-19(17(11-13)15-7-9-21-10-8-15)22-18-6-4-16(20)12-14(18)2;1-14-3-8-19(18(13-14)15-9-11-20-12-10-15)22-17-6-4-16(21-2)5-7-17/h4-7,12-13,17,21H,8-11H2,1-3H3;3-6,11-12,15,21H,7-10H2,1-2H3;3-8,13,15,20H,9-12H2,1-2H3. The van der Waals surface area contributed by atoms with Gasteiger partial charge in [-0.05, 0) is 232 Å². The highest BCUT2D eigenvalue weighted by molar-refractivity contribution is 8.00. The molecule has 6 aromatic carbocycles. The molecule has 0 aromatic heterocycles. The first kappa shape index (κ1) is 49.9. The number of halogens is 1. The summed E-state index contributed by atoms with van der Waals surface area (Å²) < 4.78 is 18.5. The summed E-state index contributed by atoms with van der Waals surface area (Å²) in [5.74, 6) is 2.76. The molecule has 3 saturated heterocycles. The van der Waals surface area contributed by atoms with Crippen molar-refractivity contribution in [2.75, 3.05) is 46.4 Å². The summed E-state index contributed by atoms with van der Waals surface area (Å²) in [6, 6.07) is 40.7. The monoisotopic (exact) mass is 939 g/mol. The molecule has 6 aromatic rings. The van der Waals surface area contributed by atoms with E-state index in [1.807, 2.05) is 48.6 Å². The molecule has 0 radical (unpaired) electrons. The quantitative estimate of drug-likeness (QED) is 0.126. The second-order valence-electron chi connectivity index (χ2n) is 18.4. The van der Waals surface area contributed by atoms with E-state index >= 15 is 0 Å². The lowest BCUT2D eigenvalue weighted by atomic mass is 9.89. The van der Waals surface area contributed by atoms with Crippen molar-refractivity contribution in [2.24, 2.45) is 0 Å². The zero-order valence-electron chi connectivity index (χ0n) is 40.2. The predicted molar refractivity (Wildman–Crippen MR) is 280 cm³/mol. The second-order valence-corrected chi connectivity index (χ2v) is 21.6. The Balaban J connectivity index is 0.000000147. The van der Waals surface area contributed by atoms with Crippen LogP contribution in [0.15, 0.2) is 145 Å². The third-order valence-electron chi connectivity index (χ3n) is 13.0. The van der Waals surface area contributed by atoms with Gasteiger partial charge in [0.2, 0.25) is 0 Å². The largest absolute Gasteiger partial charge is 0.497 e. The number of methoxy groups -OCH3 is 1. The molecule has 0 atom stereocenters. The molecule has 0 aliphatic carbocycles. The fraction of sp³-hybridized carbons (Fsp3) is 0.379. The Labute approximate surface area is 408 Å². The molecule has 3 N–H and O–H groups in total. The number of aryl methyl sites for hydroxylation is 6. The van der Waals surface area contributed by atoms with Gasteiger partial charge in [0.05, 0.1) is 7.11 Å². The predicted octanol–water partition coefficient (Wildman–Crippen LogP) is 14.9. The molecule has 3 aliphatic heterocycles. The van der Waals surface area contributed by atoms with Crippen LogP contribution in [0.3, 0.4) is 0 Å². The summed E-state index contributed by atoms with van der Waals surface area (Å²) in [4.78, 5) is 7.92. The topological polar surface area (TPSA) is 45.3 Å². The zero-order valence-corrected chi connectivity index (χ0v) is 42.6. The second kappa shape index (κ2) is 24.8. The first-order valence-corrected chi connectivity index (χ1v) is 26.4. The van der Waals surface area contributed by atoms with Crippen LogP contribution >= 0.6 is 35.3 Å². The fourth-order valence-corrected chi connectivity index (χ4v) is 12.4. The van der Waals surface area contributed by atoms with Crippen LogP contribution in [0.5, 0.6) is 5.75 Å². The van der Waals surface area contributed by atoms with E-state index < -0.39 is 0 Å². The van der Waals surface area contributed by atoms with Crippen LogP contribution in [-0.2, 0) is 0 Å². The van der Waals surface area contributed by atoms with Gasteiger partial charge in [-0.25, -0.2) is 4.39 Å². The lowest BCUT2D eigenvalue weighted by Gasteiger charge is -2.25. The normalized spacial score (nSPS) is 15.9. The molecule has 0 saturated carbocycles. The minimum absolute atomic E-state index is 0.163. The van der Waals surface area contributed by atoms with E-state index in [9.17, 15) is 4.39 Å². The summed E-state index contributed by atoms with van der Waals surface area (Å²) in [5, 5.41) is 10.4. The number of nitrogens with one attached hydrogen (secondary N) is 3. The fourth-order valence-electron chi connectivity index (χ4n) is 9.29. The van der Waals surface area contributed by atoms with Crippen LogP contribution in [0.2, 0.25) is 0 Å². The molecule has 3 aliphatic rings. The van der Waals surface area contributed by atoms with Gasteiger partial charge in [0.15, 0.2) is 0 Å². The van der Waals surface area contributed by atoms with Crippen molar-refractivity contribution in [3.05, 3.63) is 171 Å². The highest BCUT2D eigenvalue weighted by Gasteiger charge is 2.22. The maximum absolute atomic E-state index is 13.3. The summed E-state index contributed by atoms with van der Waals surface area (Å²) in [7, 11) is 1.71. The van der Waals surface area contributed by atoms with Gasteiger partial charge < -0.3 is 20.7 Å². The van der Waals surface area contributed by atoms with Crippen molar-refractivity contribution < 1.29 is 9.13 Å². The van der Waals surface area contributed by atoms with Crippen molar-refractivity contribution in [1.29, 1.82) is 0 Å². The van der Waals surface area contributed by atoms with Gasteiger partial charge in [0.25, 0.3) is 0 Å².